The third-order valence-electron chi connectivity index (χ3n) is 3.73. The maximum atomic E-state index is 13.1. The van der Waals surface area contributed by atoms with Crippen molar-refractivity contribution in [3.63, 3.8) is 0 Å². The second-order valence-corrected chi connectivity index (χ2v) is 5.31. The van der Waals surface area contributed by atoms with Gasteiger partial charge in [-0.25, -0.2) is 4.39 Å². The lowest BCUT2D eigenvalue weighted by atomic mass is 9.81. The maximum Gasteiger partial charge on any atom is 0.318 e. The molecule has 2 rings (SSSR count). The summed E-state index contributed by atoms with van der Waals surface area (Å²) in [4.78, 5) is 35.1. The molecule has 2 aromatic carbocycles. The fraction of sp³-hybridized carbons (Fsp3) is 0.167. The van der Waals surface area contributed by atoms with Crippen molar-refractivity contribution in [3.05, 3.63) is 71.5 Å². The highest BCUT2D eigenvalue weighted by molar-refractivity contribution is 5.99. The number of hydrogen-bond donors (Lipinski definition) is 2. The van der Waals surface area contributed by atoms with Crippen LogP contribution in [0.3, 0.4) is 0 Å². The molecule has 0 heterocycles. The van der Waals surface area contributed by atoms with Crippen LogP contribution < -0.4 is 0 Å². The summed E-state index contributed by atoms with van der Waals surface area (Å²) in [6.07, 6.45) is -0.307. The van der Waals surface area contributed by atoms with Gasteiger partial charge in [-0.2, -0.15) is 0 Å². The van der Waals surface area contributed by atoms with Crippen LogP contribution in [0.1, 0.15) is 28.3 Å². The molecule has 0 radical (unpaired) electrons. The van der Waals surface area contributed by atoms with E-state index >= 15 is 0 Å². The van der Waals surface area contributed by atoms with Crippen molar-refractivity contribution >= 4 is 17.7 Å². The minimum atomic E-state index is -1.80. The summed E-state index contributed by atoms with van der Waals surface area (Å²) in [6.45, 7) is 0. The van der Waals surface area contributed by atoms with Crippen LogP contribution in [0, 0.1) is 11.7 Å². The fourth-order valence-corrected chi connectivity index (χ4v) is 2.53. The predicted octanol–water partition coefficient (Wildman–Crippen LogP) is 2.97. The number of carbonyl (C=O) groups is 3. The Labute approximate surface area is 137 Å². The molecule has 0 aliphatic carbocycles. The van der Waals surface area contributed by atoms with Crippen LogP contribution in [0.2, 0.25) is 0 Å². The SMILES string of the molecule is O=C(CC(c1ccc(F)cc1)C(C(=O)O)C(=O)O)c1ccccc1. The number of carboxylic acids is 2. The molecule has 0 spiro atoms. The molecular weight excluding hydrogens is 315 g/mol. The number of halogens is 1. The zero-order chi connectivity index (χ0) is 17.7. The summed E-state index contributed by atoms with van der Waals surface area (Å²) < 4.78 is 13.1. The third kappa shape index (κ3) is 4.04. The first kappa shape index (κ1) is 17.3. The maximum absolute atomic E-state index is 13.1. The van der Waals surface area contributed by atoms with Crippen molar-refractivity contribution in [2.75, 3.05) is 0 Å². The van der Waals surface area contributed by atoms with E-state index in [2.05, 4.69) is 0 Å². The van der Waals surface area contributed by atoms with Crippen LogP contribution in [0.15, 0.2) is 54.6 Å². The van der Waals surface area contributed by atoms with E-state index in [1.54, 1.807) is 30.3 Å². The Kier molecular flexibility index (Phi) is 5.42. The van der Waals surface area contributed by atoms with Gasteiger partial charge in [0.1, 0.15) is 5.82 Å². The predicted molar refractivity (Wildman–Crippen MR) is 83.3 cm³/mol. The van der Waals surface area contributed by atoms with Gasteiger partial charge in [-0.15, -0.1) is 0 Å². The van der Waals surface area contributed by atoms with E-state index in [0.717, 1.165) is 12.1 Å². The first-order valence-corrected chi connectivity index (χ1v) is 7.19. The summed E-state index contributed by atoms with van der Waals surface area (Å²) >= 11 is 0. The van der Waals surface area contributed by atoms with Crippen LogP contribution in [0.4, 0.5) is 4.39 Å². The first-order chi connectivity index (χ1) is 11.4. The Morgan fingerprint density at radius 3 is 1.92 bits per heavy atom. The van der Waals surface area contributed by atoms with Crippen LogP contribution in [-0.4, -0.2) is 27.9 Å². The average Bonchev–Trinajstić information content (AvgIpc) is 2.55. The summed E-state index contributed by atoms with van der Waals surface area (Å²) in [5, 5.41) is 18.5. The molecule has 2 N–H and O–H groups in total. The number of hydrogen-bond acceptors (Lipinski definition) is 3. The standard InChI is InChI=1S/C18H15FO5/c19-13-8-6-11(7-9-13)14(16(17(21)22)18(23)24)10-15(20)12-4-2-1-3-5-12/h1-9,14,16H,10H2,(H,21,22)(H,23,24). The fourth-order valence-electron chi connectivity index (χ4n) is 2.53. The van der Waals surface area contributed by atoms with E-state index in [4.69, 9.17) is 0 Å². The zero-order valence-corrected chi connectivity index (χ0v) is 12.6. The monoisotopic (exact) mass is 330 g/mol. The molecule has 1 unspecified atom stereocenters. The van der Waals surface area contributed by atoms with Crippen molar-refractivity contribution in [2.24, 2.45) is 5.92 Å². The number of rotatable bonds is 7. The van der Waals surface area contributed by atoms with E-state index in [9.17, 15) is 29.0 Å². The summed E-state index contributed by atoms with van der Waals surface area (Å²) in [5.41, 5.74) is 0.648. The van der Waals surface area contributed by atoms with E-state index in [0.29, 0.717) is 5.56 Å². The minimum absolute atomic E-state index is 0.287. The van der Waals surface area contributed by atoms with Crippen molar-refractivity contribution in [1.82, 2.24) is 0 Å². The Bertz CT molecular complexity index is 726. The van der Waals surface area contributed by atoms with Crippen molar-refractivity contribution in [2.45, 2.75) is 12.3 Å². The Balaban J connectivity index is 2.38. The molecule has 0 saturated carbocycles. The van der Waals surface area contributed by atoms with Gasteiger partial charge in [-0.1, -0.05) is 42.5 Å². The third-order valence-corrected chi connectivity index (χ3v) is 3.73. The summed E-state index contributed by atoms with van der Waals surface area (Å²) in [7, 11) is 0. The molecule has 0 saturated heterocycles. The topological polar surface area (TPSA) is 91.7 Å². The van der Waals surface area contributed by atoms with Gasteiger partial charge in [0.25, 0.3) is 0 Å². The van der Waals surface area contributed by atoms with Gasteiger partial charge in [0, 0.05) is 17.9 Å². The molecule has 2 aromatic rings. The van der Waals surface area contributed by atoms with Crippen molar-refractivity contribution < 1.29 is 29.0 Å². The highest BCUT2D eigenvalue weighted by atomic mass is 19.1. The van der Waals surface area contributed by atoms with Gasteiger partial charge in [0.15, 0.2) is 11.7 Å². The number of Topliss-reactive ketones (excluding diaryl/α,β-unsaturated/α-hetero) is 1. The van der Waals surface area contributed by atoms with Gasteiger partial charge in [-0.3, -0.25) is 14.4 Å². The number of aliphatic carboxylic acids is 2. The molecule has 0 aliphatic heterocycles. The normalized spacial score (nSPS) is 11.9. The largest absolute Gasteiger partial charge is 0.481 e. The first-order valence-electron chi connectivity index (χ1n) is 7.19. The van der Waals surface area contributed by atoms with Crippen LogP contribution >= 0.6 is 0 Å². The van der Waals surface area contributed by atoms with E-state index < -0.39 is 29.6 Å². The van der Waals surface area contributed by atoms with Gasteiger partial charge < -0.3 is 10.2 Å². The van der Waals surface area contributed by atoms with Gasteiger partial charge >= 0.3 is 11.9 Å². The number of ketones is 1. The van der Waals surface area contributed by atoms with Gasteiger partial charge in [0.05, 0.1) is 0 Å². The number of carbonyl (C=O) groups excluding carboxylic acids is 1. The molecule has 124 valence electrons. The second kappa shape index (κ2) is 7.50. The molecule has 0 fully saturated rings. The smallest absolute Gasteiger partial charge is 0.318 e. The quantitative estimate of drug-likeness (QED) is 0.601. The lowest BCUT2D eigenvalue weighted by Crippen LogP contribution is -2.31. The summed E-state index contributed by atoms with van der Waals surface area (Å²) in [5.74, 6) is -6.90. The lowest BCUT2D eigenvalue weighted by molar-refractivity contribution is -0.155. The van der Waals surface area contributed by atoms with E-state index in [1.165, 1.54) is 12.1 Å². The van der Waals surface area contributed by atoms with Crippen molar-refractivity contribution in [1.29, 1.82) is 0 Å². The number of benzene rings is 2. The molecule has 0 bridgehead atoms. The second-order valence-electron chi connectivity index (χ2n) is 5.31. The molecule has 5 nitrogen and oxygen atoms in total. The summed E-state index contributed by atoms with van der Waals surface area (Å²) in [6, 6.07) is 13.0. The Morgan fingerprint density at radius 1 is 0.875 bits per heavy atom. The molecule has 24 heavy (non-hydrogen) atoms. The molecule has 1 atom stereocenters. The van der Waals surface area contributed by atoms with Crippen LogP contribution in [-0.2, 0) is 9.59 Å². The zero-order valence-electron chi connectivity index (χ0n) is 12.6. The number of carboxylic acid groups (broad SMARTS) is 2. The lowest BCUT2D eigenvalue weighted by Gasteiger charge is -2.21. The van der Waals surface area contributed by atoms with Gasteiger partial charge in [-0.05, 0) is 17.7 Å². The Hall–Kier alpha value is -3.02. The molecular formula is C18H15FO5. The highest BCUT2D eigenvalue weighted by Gasteiger charge is 2.37. The van der Waals surface area contributed by atoms with Crippen LogP contribution in [0.5, 0.6) is 0 Å². The van der Waals surface area contributed by atoms with Crippen molar-refractivity contribution in [3.8, 4) is 0 Å². The Morgan fingerprint density at radius 2 is 1.42 bits per heavy atom. The highest BCUT2D eigenvalue weighted by Crippen LogP contribution is 2.30. The molecule has 6 heteroatoms. The minimum Gasteiger partial charge on any atom is -0.481 e. The molecule has 0 aromatic heterocycles. The molecule has 0 aliphatic rings. The van der Waals surface area contributed by atoms with Gasteiger partial charge in [0.2, 0.25) is 0 Å². The molecule has 0 amide bonds. The average molecular weight is 330 g/mol. The van der Waals surface area contributed by atoms with E-state index in [1.807, 2.05) is 0 Å². The van der Waals surface area contributed by atoms with E-state index in [-0.39, 0.29) is 17.8 Å². The van der Waals surface area contributed by atoms with Crippen LogP contribution in [0.25, 0.3) is 0 Å².